The normalized spacial score (nSPS) is 15.2. The average Bonchev–Trinajstić information content (AvgIpc) is 3.32. The Balaban J connectivity index is 2.30. The number of aliphatic hydroxyl groups excluding tert-OH is 1. The smallest absolute Gasteiger partial charge is 0.328 e. The highest BCUT2D eigenvalue weighted by atomic mass is 16.4. The van der Waals surface area contributed by atoms with E-state index in [1.165, 1.54) is 0 Å². The van der Waals surface area contributed by atoms with E-state index in [1.807, 2.05) is 38.1 Å². The van der Waals surface area contributed by atoms with Gasteiger partial charge in [-0.2, -0.15) is 0 Å². The number of carbonyl (C=O) groups is 4. The van der Waals surface area contributed by atoms with E-state index in [-0.39, 0.29) is 18.8 Å². The summed E-state index contributed by atoms with van der Waals surface area (Å²) in [5.41, 5.74) is 13.3. The quantitative estimate of drug-likeness (QED) is 0.135. The van der Waals surface area contributed by atoms with Crippen molar-refractivity contribution in [2.24, 2.45) is 17.4 Å². The first-order chi connectivity index (χ1) is 18.1. The number of amides is 3. The zero-order valence-corrected chi connectivity index (χ0v) is 21.9. The highest BCUT2D eigenvalue weighted by Gasteiger charge is 2.31. The van der Waals surface area contributed by atoms with Crippen molar-refractivity contribution < 1.29 is 29.4 Å². The molecule has 38 heavy (non-hydrogen) atoms. The van der Waals surface area contributed by atoms with Gasteiger partial charge in [-0.05, 0) is 43.4 Å². The number of nitrogens with two attached hydrogens (primary N) is 2. The Morgan fingerprint density at radius 3 is 2.24 bits per heavy atom. The summed E-state index contributed by atoms with van der Waals surface area (Å²) >= 11 is 0. The summed E-state index contributed by atoms with van der Waals surface area (Å²) in [5.74, 6) is -3.40. The molecular weight excluding hydrogens is 492 g/mol. The van der Waals surface area contributed by atoms with Gasteiger partial charge in [0.1, 0.15) is 18.1 Å². The van der Waals surface area contributed by atoms with Crippen LogP contribution in [0.15, 0.2) is 30.5 Å². The summed E-state index contributed by atoms with van der Waals surface area (Å²) < 4.78 is 0. The van der Waals surface area contributed by atoms with E-state index < -0.39 is 54.5 Å². The van der Waals surface area contributed by atoms with E-state index in [1.54, 1.807) is 6.20 Å². The SMILES string of the molecule is CCC(C)C(N)C(=O)NC(Cc1c[nH]c2ccccc12)C(=O)NC(CCCCN)C(=O)NC(CO)C(=O)O. The Hall–Kier alpha value is -3.48. The van der Waals surface area contributed by atoms with Crippen LogP contribution in [0.2, 0.25) is 0 Å². The lowest BCUT2D eigenvalue weighted by molar-refractivity contribution is -0.143. The number of hydrogen-bond acceptors (Lipinski definition) is 7. The van der Waals surface area contributed by atoms with Crippen molar-refractivity contribution >= 4 is 34.6 Å². The number of benzene rings is 1. The van der Waals surface area contributed by atoms with Crippen LogP contribution in [-0.4, -0.2) is 76.2 Å². The van der Waals surface area contributed by atoms with E-state index >= 15 is 0 Å². The van der Waals surface area contributed by atoms with Crippen molar-refractivity contribution in [2.75, 3.05) is 13.2 Å². The Kier molecular flexibility index (Phi) is 12.2. The maximum absolute atomic E-state index is 13.5. The molecule has 0 saturated heterocycles. The molecule has 2 rings (SSSR count). The van der Waals surface area contributed by atoms with Crippen LogP contribution in [0.25, 0.3) is 10.9 Å². The van der Waals surface area contributed by atoms with Gasteiger partial charge < -0.3 is 42.6 Å². The first-order valence-electron chi connectivity index (χ1n) is 12.9. The monoisotopic (exact) mass is 532 g/mol. The number of fused-ring (bicyclic) bond motifs is 1. The fourth-order valence-electron chi connectivity index (χ4n) is 4.00. The van der Waals surface area contributed by atoms with Gasteiger partial charge in [-0.3, -0.25) is 14.4 Å². The van der Waals surface area contributed by atoms with E-state index in [9.17, 15) is 29.4 Å². The molecule has 0 fully saturated rings. The van der Waals surface area contributed by atoms with Crippen LogP contribution in [0.3, 0.4) is 0 Å². The van der Waals surface area contributed by atoms with Gasteiger partial charge in [-0.25, -0.2) is 4.79 Å². The molecule has 5 atom stereocenters. The predicted octanol–water partition coefficient (Wildman–Crippen LogP) is -0.256. The molecule has 5 unspecified atom stereocenters. The van der Waals surface area contributed by atoms with Crippen LogP contribution in [0.1, 0.15) is 45.1 Å². The maximum atomic E-state index is 13.5. The third-order valence-corrected chi connectivity index (χ3v) is 6.67. The molecule has 0 radical (unpaired) electrons. The molecule has 12 heteroatoms. The fourth-order valence-corrected chi connectivity index (χ4v) is 4.00. The molecular formula is C26H40N6O6. The maximum Gasteiger partial charge on any atom is 0.328 e. The number of aromatic nitrogens is 1. The molecule has 3 amide bonds. The Morgan fingerprint density at radius 1 is 0.974 bits per heavy atom. The molecule has 210 valence electrons. The van der Waals surface area contributed by atoms with Crippen LogP contribution in [0.5, 0.6) is 0 Å². The lowest BCUT2D eigenvalue weighted by Gasteiger charge is -2.26. The largest absolute Gasteiger partial charge is 0.480 e. The summed E-state index contributed by atoms with van der Waals surface area (Å²) in [7, 11) is 0. The Labute approximate surface area is 221 Å². The lowest BCUT2D eigenvalue weighted by Crippen LogP contribution is -2.58. The van der Waals surface area contributed by atoms with Crippen LogP contribution < -0.4 is 27.4 Å². The molecule has 0 aliphatic heterocycles. The third kappa shape index (κ3) is 8.54. The van der Waals surface area contributed by atoms with Crippen molar-refractivity contribution in [1.29, 1.82) is 0 Å². The number of H-pyrrole nitrogens is 1. The number of carboxylic acids is 1. The summed E-state index contributed by atoms with van der Waals surface area (Å²) in [6.07, 6.45) is 3.82. The molecule has 0 saturated carbocycles. The predicted molar refractivity (Wildman–Crippen MR) is 143 cm³/mol. The first-order valence-corrected chi connectivity index (χ1v) is 12.9. The van der Waals surface area contributed by atoms with Crippen molar-refractivity contribution in [1.82, 2.24) is 20.9 Å². The van der Waals surface area contributed by atoms with Crippen LogP contribution >= 0.6 is 0 Å². The number of aliphatic carboxylic acids is 1. The second kappa shape index (κ2) is 15.1. The number of aliphatic hydroxyl groups is 1. The molecule has 0 bridgehead atoms. The molecule has 1 aromatic heterocycles. The second-order valence-corrected chi connectivity index (χ2v) is 9.46. The van der Waals surface area contributed by atoms with Crippen molar-refractivity contribution in [3.05, 3.63) is 36.0 Å². The molecule has 12 nitrogen and oxygen atoms in total. The highest BCUT2D eigenvalue weighted by Crippen LogP contribution is 2.19. The van der Waals surface area contributed by atoms with Gasteiger partial charge in [-0.15, -0.1) is 0 Å². The zero-order valence-electron chi connectivity index (χ0n) is 21.9. The Bertz CT molecular complexity index is 1090. The van der Waals surface area contributed by atoms with Crippen LogP contribution in [0.4, 0.5) is 0 Å². The van der Waals surface area contributed by atoms with Gasteiger partial charge in [0.2, 0.25) is 17.7 Å². The minimum absolute atomic E-state index is 0.118. The van der Waals surface area contributed by atoms with Crippen LogP contribution in [0, 0.1) is 5.92 Å². The third-order valence-electron chi connectivity index (χ3n) is 6.67. The number of unbranched alkanes of at least 4 members (excludes halogenated alkanes) is 1. The van der Waals surface area contributed by atoms with Gasteiger partial charge in [-0.1, -0.05) is 38.5 Å². The Morgan fingerprint density at radius 2 is 1.61 bits per heavy atom. The average molecular weight is 533 g/mol. The standard InChI is InChI=1S/C26H40N6O6/c1-3-15(2)22(28)25(36)31-20(12-16-13-29-18-9-5-4-8-17(16)18)24(35)30-19(10-6-7-11-27)23(34)32-21(14-33)26(37)38/h4-5,8-9,13,15,19-22,29,33H,3,6-7,10-12,14,27-28H2,1-2H3,(H,30,35)(H,31,36)(H,32,34)(H,37,38). The van der Waals surface area contributed by atoms with Gasteiger partial charge in [0, 0.05) is 23.5 Å². The van der Waals surface area contributed by atoms with Gasteiger partial charge in [0.25, 0.3) is 0 Å². The van der Waals surface area contributed by atoms with Gasteiger partial charge in [0.15, 0.2) is 0 Å². The minimum atomic E-state index is -1.52. The van der Waals surface area contributed by atoms with Gasteiger partial charge >= 0.3 is 5.97 Å². The minimum Gasteiger partial charge on any atom is -0.480 e. The fraction of sp³-hybridized carbons (Fsp3) is 0.538. The molecule has 0 aliphatic rings. The second-order valence-electron chi connectivity index (χ2n) is 9.46. The number of para-hydroxylation sites is 1. The molecule has 0 aliphatic carbocycles. The van der Waals surface area contributed by atoms with Crippen molar-refractivity contribution in [3.63, 3.8) is 0 Å². The first kappa shape index (κ1) is 30.7. The summed E-state index contributed by atoms with van der Waals surface area (Å²) in [4.78, 5) is 53.7. The topological polar surface area (TPSA) is 213 Å². The van der Waals surface area contributed by atoms with E-state index in [4.69, 9.17) is 11.5 Å². The summed E-state index contributed by atoms with van der Waals surface area (Å²) in [6, 6.07) is 3.01. The molecule has 0 spiro atoms. The van der Waals surface area contributed by atoms with E-state index in [0.717, 1.165) is 16.5 Å². The summed E-state index contributed by atoms with van der Waals surface area (Å²) in [5, 5.41) is 27.0. The van der Waals surface area contributed by atoms with Crippen molar-refractivity contribution in [3.8, 4) is 0 Å². The number of rotatable bonds is 16. The molecule has 10 N–H and O–H groups in total. The number of nitrogens with one attached hydrogen (secondary N) is 4. The number of hydrogen-bond donors (Lipinski definition) is 8. The number of carbonyl (C=O) groups excluding carboxylic acids is 3. The molecule has 2 aromatic rings. The summed E-state index contributed by atoms with van der Waals surface area (Å²) in [6.45, 7) is 3.33. The van der Waals surface area contributed by atoms with Crippen molar-refractivity contribution in [2.45, 2.75) is 70.1 Å². The van der Waals surface area contributed by atoms with Crippen LogP contribution in [-0.2, 0) is 25.6 Å². The zero-order chi connectivity index (χ0) is 28.2. The highest BCUT2D eigenvalue weighted by molar-refractivity contribution is 5.95. The van der Waals surface area contributed by atoms with E-state index in [2.05, 4.69) is 20.9 Å². The molecule has 1 aromatic carbocycles. The number of carboxylic acid groups (broad SMARTS) is 1. The van der Waals surface area contributed by atoms with E-state index in [0.29, 0.717) is 25.8 Å². The van der Waals surface area contributed by atoms with Gasteiger partial charge in [0.05, 0.1) is 12.6 Å². The molecule has 1 heterocycles. The number of aromatic amines is 1. The lowest BCUT2D eigenvalue weighted by atomic mass is 9.98.